The Labute approximate surface area is 136 Å². The molecule has 1 saturated carbocycles. The first-order valence-corrected chi connectivity index (χ1v) is 11.5. The normalized spacial score (nSPS) is 17.8. The van der Waals surface area contributed by atoms with Crippen LogP contribution in [0.15, 0.2) is 24.3 Å². The molecule has 1 unspecified atom stereocenters. The van der Waals surface area contributed by atoms with E-state index < -0.39 is 8.32 Å². The molecule has 1 aliphatic carbocycles. The summed E-state index contributed by atoms with van der Waals surface area (Å²) in [6.45, 7) is 12.5. The first-order chi connectivity index (χ1) is 9.74. The summed E-state index contributed by atoms with van der Waals surface area (Å²) in [5, 5.41) is 0.277. The number of benzene rings is 1. The Kier molecular flexibility index (Phi) is 5.22. The van der Waals surface area contributed by atoms with Gasteiger partial charge in [0.15, 0.2) is 8.32 Å². The standard InChI is InChI=1S/C18H29ClOSi/c1-18(2,3)21(4,5)20-13-17(15-9-10-15)16-8-6-7-14(11-16)12-19/h6-8,11,15,17H,9-10,12-13H2,1-5H3. The minimum absolute atomic E-state index is 0.277. The van der Waals surface area contributed by atoms with Crippen molar-refractivity contribution in [1.82, 2.24) is 0 Å². The van der Waals surface area contributed by atoms with Crippen molar-refractivity contribution >= 4 is 19.9 Å². The van der Waals surface area contributed by atoms with Crippen molar-refractivity contribution in [2.45, 2.75) is 63.5 Å². The van der Waals surface area contributed by atoms with Gasteiger partial charge >= 0.3 is 0 Å². The van der Waals surface area contributed by atoms with E-state index in [9.17, 15) is 0 Å². The van der Waals surface area contributed by atoms with Gasteiger partial charge in [-0.05, 0) is 48.0 Å². The second-order valence-corrected chi connectivity index (χ2v) is 13.0. The van der Waals surface area contributed by atoms with E-state index in [0.29, 0.717) is 11.8 Å². The van der Waals surface area contributed by atoms with Gasteiger partial charge in [-0.1, -0.05) is 45.0 Å². The van der Waals surface area contributed by atoms with Crippen LogP contribution >= 0.6 is 11.6 Å². The van der Waals surface area contributed by atoms with Crippen molar-refractivity contribution in [2.75, 3.05) is 6.61 Å². The van der Waals surface area contributed by atoms with Gasteiger partial charge in [-0.3, -0.25) is 0 Å². The monoisotopic (exact) mass is 324 g/mol. The Bertz CT molecular complexity index is 474. The number of alkyl halides is 1. The molecule has 21 heavy (non-hydrogen) atoms. The van der Waals surface area contributed by atoms with Crippen LogP contribution in [0.1, 0.15) is 50.7 Å². The van der Waals surface area contributed by atoms with Crippen LogP contribution in [0.2, 0.25) is 18.1 Å². The van der Waals surface area contributed by atoms with E-state index >= 15 is 0 Å². The highest BCUT2D eigenvalue weighted by atomic mass is 35.5. The van der Waals surface area contributed by atoms with Crippen molar-refractivity contribution in [3.05, 3.63) is 35.4 Å². The molecule has 3 heteroatoms. The molecule has 0 radical (unpaired) electrons. The van der Waals surface area contributed by atoms with Crippen molar-refractivity contribution in [3.8, 4) is 0 Å². The van der Waals surface area contributed by atoms with E-state index in [4.69, 9.17) is 16.0 Å². The molecular weight excluding hydrogens is 296 g/mol. The summed E-state index contributed by atoms with van der Waals surface area (Å²) in [5.41, 5.74) is 2.63. The van der Waals surface area contributed by atoms with E-state index in [1.807, 2.05) is 0 Å². The van der Waals surface area contributed by atoms with Crippen molar-refractivity contribution in [1.29, 1.82) is 0 Å². The van der Waals surface area contributed by atoms with Crippen LogP contribution in [0.25, 0.3) is 0 Å². The third-order valence-corrected chi connectivity index (χ3v) is 9.96. The quantitative estimate of drug-likeness (QED) is 0.464. The fourth-order valence-electron chi connectivity index (χ4n) is 2.42. The molecule has 0 N–H and O–H groups in total. The predicted molar refractivity (Wildman–Crippen MR) is 94.6 cm³/mol. The zero-order chi connectivity index (χ0) is 15.7. The van der Waals surface area contributed by atoms with Gasteiger partial charge in [0.2, 0.25) is 0 Å². The van der Waals surface area contributed by atoms with E-state index in [2.05, 4.69) is 58.1 Å². The number of halogens is 1. The van der Waals surface area contributed by atoms with Crippen LogP contribution < -0.4 is 0 Å². The number of hydrogen-bond donors (Lipinski definition) is 0. The molecule has 0 bridgehead atoms. The van der Waals surface area contributed by atoms with E-state index in [-0.39, 0.29) is 5.04 Å². The summed E-state index contributed by atoms with van der Waals surface area (Å²) in [6, 6.07) is 8.75. The zero-order valence-corrected chi connectivity index (χ0v) is 15.8. The van der Waals surface area contributed by atoms with E-state index in [1.54, 1.807) is 0 Å². The third kappa shape index (κ3) is 4.34. The molecule has 0 saturated heterocycles. The largest absolute Gasteiger partial charge is 0.416 e. The molecule has 1 aromatic carbocycles. The third-order valence-electron chi connectivity index (χ3n) is 5.15. The maximum atomic E-state index is 6.49. The summed E-state index contributed by atoms with van der Waals surface area (Å²) >= 11 is 5.98. The van der Waals surface area contributed by atoms with Gasteiger partial charge in [0.25, 0.3) is 0 Å². The lowest BCUT2D eigenvalue weighted by Gasteiger charge is -2.37. The Hall–Kier alpha value is -0.313. The van der Waals surface area contributed by atoms with Crippen molar-refractivity contribution in [3.63, 3.8) is 0 Å². The molecule has 0 spiro atoms. The maximum absolute atomic E-state index is 6.49. The molecular formula is C18H29ClOSi. The zero-order valence-electron chi connectivity index (χ0n) is 14.1. The summed E-state index contributed by atoms with van der Waals surface area (Å²) < 4.78 is 6.49. The van der Waals surface area contributed by atoms with Crippen molar-refractivity contribution in [2.24, 2.45) is 5.92 Å². The molecule has 1 aliphatic rings. The van der Waals surface area contributed by atoms with Gasteiger partial charge in [0.05, 0.1) is 0 Å². The molecule has 1 nitrogen and oxygen atoms in total. The predicted octanol–water partition coefficient (Wildman–Crippen LogP) is 5.94. The highest BCUT2D eigenvalue weighted by Crippen LogP contribution is 2.44. The second kappa shape index (κ2) is 6.43. The highest BCUT2D eigenvalue weighted by molar-refractivity contribution is 6.74. The van der Waals surface area contributed by atoms with Gasteiger partial charge in [0, 0.05) is 18.4 Å². The minimum Gasteiger partial charge on any atom is -0.416 e. The molecule has 2 rings (SSSR count). The molecule has 0 aromatic heterocycles. The van der Waals surface area contributed by atoms with Crippen molar-refractivity contribution < 1.29 is 4.43 Å². The fraction of sp³-hybridized carbons (Fsp3) is 0.667. The van der Waals surface area contributed by atoms with Crippen LogP contribution in [0, 0.1) is 5.92 Å². The maximum Gasteiger partial charge on any atom is 0.192 e. The molecule has 118 valence electrons. The molecule has 0 heterocycles. The van der Waals surface area contributed by atoms with Crippen LogP contribution in [0.3, 0.4) is 0 Å². The lowest BCUT2D eigenvalue weighted by atomic mass is 9.94. The summed E-state index contributed by atoms with van der Waals surface area (Å²) in [4.78, 5) is 0. The van der Waals surface area contributed by atoms with Crippen LogP contribution in [0.5, 0.6) is 0 Å². The first kappa shape index (κ1) is 17.0. The average Bonchev–Trinajstić information content (AvgIpc) is 3.22. The topological polar surface area (TPSA) is 9.23 Å². The summed E-state index contributed by atoms with van der Waals surface area (Å²) in [5.74, 6) is 1.94. The van der Waals surface area contributed by atoms with Crippen LogP contribution in [-0.4, -0.2) is 14.9 Å². The summed E-state index contributed by atoms with van der Waals surface area (Å²) in [7, 11) is -1.67. The summed E-state index contributed by atoms with van der Waals surface area (Å²) in [6.07, 6.45) is 2.69. The van der Waals surface area contributed by atoms with Gasteiger partial charge in [-0.2, -0.15) is 0 Å². The number of rotatable bonds is 6. The lowest BCUT2D eigenvalue weighted by molar-refractivity contribution is 0.251. The van der Waals surface area contributed by atoms with Crippen LogP contribution in [-0.2, 0) is 10.3 Å². The van der Waals surface area contributed by atoms with Crippen LogP contribution in [0.4, 0.5) is 0 Å². The minimum atomic E-state index is -1.67. The van der Waals surface area contributed by atoms with E-state index in [1.165, 1.54) is 24.0 Å². The molecule has 1 aromatic rings. The van der Waals surface area contributed by atoms with Gasteiger partial charge in [-0.25, -0.2) is 0 Å². The first-order valence-electron chi connectivity index (χ1n) is 8.03. The Morgan fingerprint density at radius 3 is 2.48 bits per heavy atom. The fourth-order valence-corrected chi connectivity index (χ4v) is 3.62. The molecule has 1 atom stereocenters. The SMILES string of the molecule is CC(C)(C)[Si](C)(C)OCC(c1cccc(CCl)c1)C1CC1. The molecule has 0 amide bonds. The Morgan fingerprint density at radius 1 is 1.29 bits per heavy atom. The lowest BCUT2D eigenvalue weighted by Crippen LogP contribution is -2.41. The van der Waals surface area contributed by atoms with Gasteiger partial charge in [-0.15, -0.1) is 11.6 Å². The average molecular weight is 325 g/mol. The smallest absolute Gasteiger partial charge is 0.192 e. The molecule has 0 aliphatic heterocycles. The van der Waals surface area contributed by atoms with E-state index in [0.717, 1.165) is 12.5 Å². The van der Waals surface area contributed by atoms with Gasteiger partial charge < -0.3 is 4.43 Å². The second-order valence-electron chi connectivity index (χ2n) is 7.89. The Morgan fingerprint density at radius 2 is 1.95 bits per heavy atom. The van der Waals surface area contributed by atoms with Gasteiger partial charge in [0.1, 0.15) is 0 Å². The Balaban J connectivity index is 2.10. The number of hydrogen-bond acceptors (Lipinski definition) is 1. The molecule has 1 fully saturated rings. The highest BCUT2D eigenvalue weighted by Gasteiger charge is 2.39.